The van der Waals surface area contributed by atoms with E-state index in [0.29, 0.717) is 32.0 Å². The van der Waals surface area contributed by atoms with Gasteiger partial charge < -0.3 is 25.2 Å². The van der Waals surface area contributed by atoms with E-state index in [-0.39, 0.29) is 43.2 Å². The van der Waals surface area contributed by atoms with Crippen molar-refractivity contribution in [3.05, 3.63) is 29.1 Å². The molecular weight excluding hydrogens is 476 g/mol. The van der Waals surface area contributed by atoms with Gasteiger partial charge in [-0.2, -0.15) is 0 Å². The number of nitrogens with one attached hydrogen (secondary N) is 2. The van der Waals surface area contributed by atoms with Gasteiger partial charge in [-0.3, -0.25) is 4.99 Å². The monoisotopic (exact) mass is 509 g/mol. The van der Waals surface area contributed by atoms with Crippen LogP contribution < -0.4 is 15.4 Å². The molecule has 1 aromatic carbocycles. The van der Waals surface area contributed by atoms with Crippen LogP contribution in [0.2, 0.25) is 0 Å². The number of hydrogen-bond donors (Lipinski definition) is 3. The molecule has 0 aromatic heterocycles. The molecule has 1 aliphatic heterocycles. The number of benzene rings is 1. The number of halogens is 2. The lowest BCUT2D eigenvalue weighted by atomic mass is 10.0. The molecule has 0 spiro atoms. The van der Waals surface area contributed by atoms with E-state index in [2.05, 4.69) is 22.5 Å². The zero-order valence-electron chi connectivity index (χ0n) is 16.8. The minimum Gasteiger partial charge on any atom is -0.467 e. The lowest BCUT2D eigenvalue weighted by molar-refractivity contribution is -0.0172. The highest BCUT2D eigenvalue weighted by Gasteiger charge is 2.17. The number of aliphatic hydroxyl groups is 1. The van der Waals surface area contributed by atoms with Crippen LogP contribution in [0.25, 0.3) is 0 Å². The normalized spacial score (nSPS) is 14.5. The third-order valence-corrected chi connectivity index (χ3v) is 4.52. The molecule has 1 aromatic rings. The van der Waals surface area contributed by atoms with Crippen LogP contribution >= 0.6 is 24.0 Å². The Bertz CT molecular complexity index is 611. The Balaban J connectivity index is 0.00000392. The van der Waals surface area contributed by atoms with E-state index in [1.165, 1.54) is 12.1 Å². The van der Waals surface area contributed by atoms with E-state index in [1.807, 2.05) is 6.92 Å². The van der Waals surface area contributed by atoms with Gasteiger partial charge in [0.05, 0.1) is 6.61 Å². The molecule has 0 saturated heterocycles. The zero-order chi connectivity index (χ0) is 19.5. The number of aliphatic imine (C=N–C) groups is 1. The molecule has 3 N–H and O–H groups in total. The molecule has 1 heterocycles. The standard InChI is InChI=1S/C20H32FN3O3.HI/c1-3-5-15(7-9-25)12-24-20(22-4-2)23-8-6-16-10-18(21)11-17-13-26-14-27-19(16)17;/h10-11,15,25H,3-9,12-14H2,1-2H3,(H2,22,23,24);1H. The average Bonchev–Trinajstić information content (AvgIpc) is 2.66. The second-order valence-corrected chi connectivity index (χ2v) is 6.73. The summed E-state index contributed by atoms with van der Waals surface area (Å²) >= 11 is 0. The molecule has 0 saturated carbocycles. The minimum atomic E-state index is -0.273. The number of fused-ring (bicyclic) bond motifs is 1. The van der Waals surface area contributed by atoms with E-state index in [0.717, 1.165) is 48.6 Å². The molecule has 0 radical (unpaired) electrons. The topological polar surface area (TPSA) is 75.1 Å². The van der Waals surface area contributed by atoms with E-state index < -0.39 is 0 Å². The van der Waals surface area contributed by atoms with Crippen LogP contribution in [0.3, 0.4) is 0 Å². The molecule has 6 nitrogen and oxygen atoms in total. The van der Waals surface area contributed by atoms with Gasteiger partial charge in [-0.05, 0) is 49.8 Å². The summed E-state index contributed by atoms with van der Waals surface area (Å²) in [5.74, 6) is 1.59. The summed E-state index contributed by atoms with van der Waals surface area (Å²) in [4.78, 5) is 4.65. The van der Waals surface area contributed by atoms with Crippen LogP contribution in [-0.2, 0) is 17.8 Å². The lowest BCUT2D eigenvalue weighted by Crippen LogP contribution is -2.38. The van der Waals surface area contributed by atoms with Gasteiger partial charge in [0, 0.05) is 31.8 Å². The van der Waals surface area contributed by atoms with Crippen LogP contribution in [0.1, 0.15) is 44.2 Å². The summed E-state index contributed by atoms with van der Waals surface area (Å²) in [5, 5.41) is 15.7. The van der Waals surface area contributed by atoms with Crippen molar-refractivity contribution in [2.24, 2.45) is 10.9 Å². The zero-order valence-corrected chi connectivity index (χ0v) is 19.1. The molecule has 0 aliphatic carbocycles. The highest BCUT2D eigenvalue weighted by Crippen LogP contribution is 2.29. The van der Waals surface area contributed by atoms with Gasteiger partial charge in [0.15, 0.2) is 12.8 Å². The molecule has 1 aliphatic rings. The third-order valence-electron chi connectivity index (χ3n) is 4.52. The van der Waals surface area contributed by atoms with Gasteiger partial charge in [-0.25, -0.2) is 4.39 Å². The van der Waals surface area contributed by atoms with Crippen molar-refractivity contribution >= 4 is 29.9 Å². The average molecular weight is 509 g/mol. The highest BCUT2D eigenvalue weighted by atomic mass is 127. The van der Waals surface area contributed by atoms with Gasteiger partial charge in [0.2, 0.25) is 0 Å². The van der Waals surface area contributed by atoms with Gasteiger partial charge in [-0.15, -0.1) is 24.0 Å². The van der Waals surface area contributed by atoms with Gasteiger partial charge in [-0.1, -0.05) is 13.3 Å². The van der Waals surface area contributed by atoms with E-state index in [4.69, 9.17) is 9.47 Å². The lowest BCUT2D eigenvalue weighted by Gasteiger charge is -2.21. The van der Waals surface area contributed by atoms with Gasteiger partial charge >= 0.3 is 0 Å². The molecule has 0 amide bonds. The molecular formula is C20H33FIN3O3. The van der Waals surface area contributed by atoms with Crippen molar-refractivity contribution in [2.45, 2.75) is 46.1 Å². The van der Waals surface area contributed by atoms with Crippen molar-refractivity contribution in [1.29, 1.82) is 0 Å². The molecule has 160 valence electrons. The predicted octanol–water partition coefficient (Wildman–Crippen LogP) is 3.21. The maximum atomic E-state index is 13.8. The number of nitrogens with zero attached hydrogens (tertiary/aromatic N) is 1. The number of hydrogen-bond acceptors (Lipinski definition) is 4. The first kappa shape index (κ1) is 24.9. The number of aliphatic hydroxyl groups excluding tert-OH is 1. The van der Waals surface area contributed by atoms with Crippen LogP contribution in [0.4, 0.5) is 4.39 Å². The van der Waals surface area contributed by atoms with E-state index in [1.54, 1.807) is 0 Å². The summed E-state index contributed by atoms with van der Waals surface area (Å²) in [6.45, 7) is 6.99. The Kier molecular flexibility index (Phi) is 12.4. The van der Waals surface area contributed by atoms with Crippen molar-refractivity contribution in [2.75, 3.05) is 33.0 Å². The van der Waals surface area contributed by atoms with Crippen molar-refractivity contribution in [3.8, 4) is 5.75 Å². The van der Waals surface area contributed by atoms with E-state index in [9.17, 15) is 9.50 Å². The van der Waals surface area contributed by atoms with Crippen LogP contribution in [0, 0.1) is 11.7 Å². The quantitative estimate of drug-likeness (QED) is 0.257. The van der Waals surface area contributed by atoms with Crippen LogP contribution in [-0.4, -0.2) is 44.1 Å². The molecule has 0 fully saturated rings. The smallest absolute Gasteiger partial charge is 0.191 e. The first-order chi connectivity index (χ1) is 13.2. The summed E-state index contributed by atoms with van der Waals surface area (Å²) in [7, 11) is 0. The molecule has 1 unspecified atom stereocenters. The van der Waals surface area contributed by atoms with Crippen molar-refractivity contribution < 1.29 is 19.0 Å². The van der Waals surface area contributed by atoms with Crippen molar-refractivity contribution in [3.63, 3.8) is 0 Å². The first-order valence-electron chi connectivity index (χ1n) is 9.82. The third kappa shape index (κ3) is 8.08. The Morgan fingerprint density at radius 3 is 2.82 bits per heavy atom. The predicted molar refractivity (Wildman–Crippen MR) is 120 cm³/mol. The molecule has 2 rings (SSSR count). The second kappa shape index (κ2) is 13.9. The molecule has 0 bridgehead atoms. The van der Waals surface area contributed by atoms with Crippen LogP contribution in [0.15, 0.2) is 17.1 Å². The number of ether oxygens (including phenoxy) is 2. The fourth-order valence-corrected chi connectivity index (χ4v) is 3.24. The maximum Gasteiger partial charge on any atom is 0.191 e. The summed E-state index contributed by atoms with van der Waals surface area (Å²) in [5.41, 5.74) is 1.59. The summed E-state index contributed by atoms with van der Waals surface area (Å²) in [6, 6.07) is 2.99. The summed E-state index contributed by atoms with van der Waals surface area (Å²) < 4.78 is 24.6. The number of rotatable bonds is 10. The van der Waals surface area contributed by atoms with Gasteiger partial charge in [0.1, 0.15) is 11.6 Å². The first-order valence-corrected chi connectivity index (χ1v) is 9.82. The molecule has 1 atom stereocenters. The summed E-state index contributed by atoms with van der Waals surface area (Å²) in [6.07, 6.45) is 3.53. The number of guanidine groups is 1. The highest BCUT2D eigenvalue weighted by molar-refractivity contribution is 14.0. The maximum absolute atomic E-state index is 13.8. The molecule has 28 heavy (non-hydrogen) atoms. The fraction of sp³-hybridized carbons (Fsp3) is 0.650. The Hall–Kier alpha value is -1.13. The largest absolute Gasteiger partial charge is 0.467 e. The Morgan fingerprint density at radius 2 is 2.11 bits per heavy atom. The SMILES string of the molecule is CCCC(CCO)CN=C(NCC)NCCc1cc(F)cc2c1OCOC2.I. The fourth-order valence-electron chi connectivity index (χ4n) is 3.24. The van der Waals surface area contributed by atoms with Crippen molar-refractivity contribution in [1.82, 2.24) is 10.6 Å². The Labute approximate surface area is 184 Å². The second-order valence-electron chi connectivity index (χ2n) is 6.73. The van der Waals surface area contributed by atoms with Crippen LogP contribution in [0.5, 0.6) is 5.75 Å². The van der Waals surface area contributed by atoms with E-state index >= 15 is 0 Å². The molecule has 8 heteroatoms. The van der Waals surface area contributed by atoms with Gasteiger partial charge in [0.25, 0.3) is 0 Å². The minimum absolute atomic E-state index is 0. The Morgan fingerprint density at radius 1 is 1.29 bits per heavy atom.